The van der Waals surface area contributed by atoms with Gasteiger partial charge in [-0.25, -0.2) is 4.79 Å². The predicted molar refractivity (Wildman–Crippen MR) is 121 cm³/mol. The number of benzene rings is 1. The van der Waals surface area contributed by atoms with E-state index < -0.39 is 29.6 Å². The zero-order valence-electron chi connectivity index (χ0n) is 18.4. The summed E-state index contributed by atoms with van der Waals surface area (Å²) in [4.78, 5) is 40.0. The molecule has 1 aromatic heterocycles. The van der Waals surface area contributed by atoms with Crippen LogP contribution in [0.4, 0.5) is 0 Å². The Balaban J connectivity index is 0.00000480. The summed E-state index contributed by atoms with van der Waals surface area (Å²) in [6.45, 7) is 7.17. The minimum absolute atomic E-state index is 0. The van der Waals surface area contributed by atoms with E-state index in [-0.39, 0.29) is 44.2 Å². The highest BCUT2D eigenvalue weighted by atomic mass is 35.5. The fourth-order valence-electron chi connectivity index (χ4n) is 3.00. The standard InChI is InChI=1S/C22H31N3O5.ClH/c1-5-29-21(28)18(12-14-13-24-17-9-7-6-8-15(14)17)25-19(26)11-10-16(23)20(27)30-22(2,3)4;/h6-9,13,16,18,24H,5,10-12,23H2,1-4H3,(H,25,26);1H/t16-,18-;/m0./s1. The lowest BCUT2D eigenvalue weighted by Gasteiger charge is -2.22. The van der Waals surface area contributed by atoms with Crippen molar-refractivity contribution in [2.45, 2.75) is 64.6 Å². The van der Waals surface area contributed by atoms with Crippen molar-refractivity contribution in [2.75, 3.05) is 6.61 Å². The topological polar surface area (TPSA) is 124 Å². The number of hydrogen-bond donors (Lipinski definition) is 3. The Hall–Kier alpha value is -2.58. The first kappa shape index (κ1) is 26.5. The van der Waals surface area contributed by atoms with Gasteiger partial charge in [0.1, 0.15) is 17.7 Å². The van der Waals surface area contributed by atoms with E-state index in [0.717, 1.165) is 16.5 Å². The van der Waals surface area contributed by atoms with Crippen LogP contribution in [0, 0.1) is 0 Å². The maximum atomic E-state index is 12.4. The third kappa shape index (κ3) is 8.22. The first-order valence-electron chi connectivity index (χ1n) is 10.1. The third-order valence-corrected chi connectivity index (χ3v) is 4.40. The molecule has 0 saturated heterocycles. The minimum atomic E-state index is -0.912. The Bertz CT molecular complexity index is 891. The van der Waals surface area contributed by atoms with Gasteiger partial charge in [-0.2, -0.15) is 0 Å². The van der Waals surface area contributed by atoms with Gasteiger partial charge in [0.05, 0.1) is 6.61 Å². The van der Waals surface area contributed by atoms with Crippen LogP contribution in [0.5, 0.6) is 0 Å². The molecule has 1 aromatic carbocycles. The van der Waals surface area contributed by atoms with E-state index in [2.05, 4.69) is 10.3 Å². The van der Waals surface area contributed by atoms with Crippen LogP contribution in [-0.2, 0) is 30.3 Å². The summed E-state index contributed by atoms with van der Waals surface area (Å²) < 4.78 is 10.3. The molecule has 0 unspecified atom stereocenters. The number of nitrogens with one attached hydrogen (secondary N) is 2. The average Bonchev–Trinajstić information content (AvgIpc) is 3.07. The molecule has 0 aliphatic rings. The summed E-state index contributed by atoms with van der Waals surface area (Å²) in [6.07, 6.45) is 2.21. The number of rotatable bonds is 9. The Morgan fingerprint density at radius 1 is 1.16 bits per heavy atom. The number of halogens is 1. The fourth-order valence-corrected chi connectivity index (χ4v) is 3.00. The number of carbonyl (C=O) groups excluding carboxylic acids is 3. The average molecular weight is 454 g/mol. The van der Waals surface area contributed by atoms with Gasteiger partial charge in [0.2, 0.25) is 5.91 Å². The number of nitrogens with two attached hydrogens (primary N) is 1. The van der Waals surface area contributed by atoms with Crippen LogP contribution in [0.1, 0.15) is 46.1 Å². The molecule has 2 rings (SSSR count). The van der Waals surface area contributed by atoms with Crippen molar-refractivity contribution in [3.63, 3.8) is 0 Å². The summed E-state index contributed by atoms with van der Waals surface area (Å²) in [5.41, 5.74) is 7.03. The van der Waals surface area contributed by atoms with Crippen molar-refractivity contribution in [3.05, 3.63) is 36.0 Å². The highest BCUT2D eigenvalue weighted by molar-refractivity contribution is 5.87. The quantitative estimate of drug-likeness (QED) is 0.501. The lowest BCUT2D eigenvalue weighted by atomic mass is 10.0. The van der Waals surface area contributed by atoms with Crippen LogP contribution in [0.3, 0.4) is 0 Å². The van der Waals surface area contributed by atoms with Crippen LogP contribution in [-0.4, -0.2) is 47.1 Å². The second-order valence-corrected chi connectivity index (χ2v) is 8.11. The van der Waals surface area contributed by atoms with E-state index in [1.165, 1.54) is 0 Å². The first-order chi connectivity index (χ1) is 14.1. The number of amides is 1. The molecule has 8 nitrogen and oxygen atoms in total. The zero-order valence-corrected chi connectivity index (χ0v) is 19.2. The molecule has 9 heteroatoms. The van der Waals surface area contributed by atoms with E-state index in [0.29, 0.717) is 0 Å². The van der Waals surface area contributed by atoms with Gasteiger partial charge in [0.25, 0.3) is 0 Å². The molecule has 31 heavy (non-hydrogen) atoms. The number of hydrogen-bond acceptors (Lipinski definition) is 6. The fraction of sp³-hybridized carbons (Fsp3) is 0.500. The van der Waals surface area contributed by atoms with E-state index in [1.54, 1.807) is 27.7 Å². The van der Waals surface area contributed by atoms with Crippen molar-refractivity contribution < 1.29 is 23.9 Å². The van der Waals surface area contributed by atoms with Gasteiger partial charge >= 0.3 is 11.9 Å². The van der Waals surface area contributed by atoms with Crippen LogP contribution in [0.25, 0.3) is 10.9 Å². The second-order valence-electron chi connectivity index (χ2n) is 8.11. The molecule has 1 amide bonds. The van der Waals surface area contributed by atoms with Gasteiger partial charge in [-0.05, 0) is 45.7 Å². The maximum Gasteiger partial charge on any atom is 0.328 e. The number of aromatic amines is 1. The molecule has 4 N–H and O–H groups in total. The normalized spacial score (nSPS) is 13.1. The monoisotopic (exact) mass is 453 g/mol. The Labute approximate surface area is 188 Å². The zero-order chi connectivity index (χ0) is 22.3. The van der Waals surface area contributed by atoms with Crippen LogP contribution < -0.4 is 11.1 Å². The van der Waals surface area contributed by atoms with Gasteiger partial charge < -0.3 is 25.5 Å². The lowest BCUT2D eigenvalue weighted by Crippen LogP contribution is -2.44. The molecule has 2 atom stereocenters. The second kappa shape index (κ2) is 11.7. The van der Waals surface area contributed by atoms with Gasteiger partial charge in [0, 0.05) is 29.9 Å². The van der Waals surface area contributed by atoms with Gasteiger partial charge in [-0.15, -0.1) is 12.4 Å². The number of H-pyrrole nitrogens is 1. The number of aromatic nitrogens is 1. The molecule has 0 bridgehead atoms. The molecular formula is C22H32ClN3O5. The largest absolute Gasteiger partial charge is 0.464 e. The van der Waals surface area contributed by atoms with Crippen molar-refractivity contribution >= 4 is 41.2 Å². The SMILES string of the molecule is CCOC(=O)[C@H](Cc1c[nH]c2ccccc12)NC(=O)CC[C@H](N)C(=O)OC(C)(C)C.Cl. The van der Waals surface area contributed by atoms with Crippen molar-refractivity contribution in [3.8, 4) is 0 Å². The summed E-state index contributed by atoms with van der Waals surface area (Å²) in [5, 5.41) is 3.69. The number of para-hydroxylation sites is 1. The molecule has 0 aliphatic heterocycles. The Kier molecular flexibility index (Phi) is 10.00. The number of carbonyl (C=O) groups is 3. The molecule has 1 heterocycles. The van der Waals surface area contributed by atoms with Crippen LogP contribution in [0.2, 0.25) is 0 Å². The van der Waals surface area contributed by atoms with Gasteiger partial charge in [-0.3, -0.25) is 9.59 Å². The summed E-state index contributed by atoms with van der Waals surface area (Å²) in [7, 11) is 0. The highest BCUT2D eigenvalue weighted by Gasteiger charge is 2.26. The Morgan fingerprint density at radius 3 is 2.48 bits per heavy atom. The number of fused-ring (bicyclic) bond motifs is 1. The molecule has 0 aliphatic carbocycles. The molecular weight excluding hydrogens is 422 g/mol. The van der Waals surface area contributed by atoms with Crippen molar-refractivity contribution in [1.29, 1.82) is 0 Å². The van der Waals surface area contributed by atoms with E-state index >= 15 is 0 Å². The van der Waals surface area contributed by atoms with Gasteiger partial charge in [0.15, 0.2) is 0 Å². The molecule has 0 spiro atoms. The third-order valence-electron chi connectivity index (χ3n) is 4.40. The van der Waals surface area contributed by atoms with Crippen molar-refractivity contribution in [2.24, 2.45) is 5.73 Å². The smallest absolute Gasteiger partial charge is 0.328 e. The van der Waals surface area contributed by atoms with Crippen molar-refractivity contribution in [1.82, 2.24) is 10.3 Å². The molecule has 0 saturated carbocycles. The predicted octanol–water partition coefficient (Wildman–Crippen LogP) is 2.63. The number of ether oxygens (including phenoxy) is 2. The summed E-state index contributed by atoms with van der Waals surface area (Å²) >= 11 is 0. The summed E-state index contributed by atoms with van der Waals surface area (Å²) in [6, 6.07) is 5.97. The highest BCUT2D eigenvalue weighted by Crippen LogP contribution is 2.19. The molecule has 172 valence electrons. The Morgan fingerprint density at radius 2 is 1.84 bits per heavy atom. The van der Waals surface area contributed by atoms with E-state index in [9.17, 15) is 14.4 Å². The molecule has 0 radical (unpaired) electrons. The van der Waals surface area contributed by atoms with Crippen LogP contribution >= 0.6 is 12.4 Å². The molecule has 0 fully saturated rings. The molecule has 2 aromatic rings. The van der Waals surface area contributed by atoms with Gasteiger partial charge in [-0.1, -0.05) is 18.2 Å². The minimum Gasteiger partial charge on any atom is -0.464 e. The number of esters is 2. The van der Waals surface area contributed by atoms with E-state index in [4.69, 9.17) is 15.2 Å². The first-order valence-corrected chi connectivity index (χ1v) is 10.1. The van der Waals surface area contributed by atoms with E-state index in [1.807, 2.05) is 30.5 Å². The lowest BCUT2D eigenvalue weighted by molar-refractivity contribution is -0.156. The summed E-state index contributed by atoms with van der Waals surface area (Å²) in [5.74, 6) is -1.45. The van der Waals surface area contributed by atoms with Crippen LogP contribution in [0.15, 0.2) is 30.5 Å². The maximum absolute atomic E-state index is 12.4.